The fourth-order valence-corrected chi connectivity index (χ4v) is 6.60. The molecular weight excluding hydrogens is 440 g/mol. The fraction of sp³-hybridized carbons (Fsp3) is 0.643. The third kappa shape index (κ3) is 4.80. The van der Waals surface area contributed by atoms with Crippen LogP contribution in [0.4, 0.5) is 0 Å². The lowest BCUT2D eigenvalue weighted by molar-refractivity contribution is -0.133. The Morgan fingerprint density at radius 2 is 1.80 bits per heavy atom. The maximum Gasteiger partial charge on any atom is 0.271 e. The van der Waals surface area contributed by atoms with Gasteiger partial charge in [0.1, 0.15) is 17.0 Å². The van der Waals surface area contributed by atoms with Gasteiger partial charge < -0.3 is 24.1 Å². The zero-order chi connectivity index (χ0) is 24.6. The van der Waals surface area contributed by atoms with E-state index in [1.807, 2.05) is 40.7 Å². The Morgan fingerprint density at radius 3 is 2.49 bits per heavy atom. The molecule has 0 radical (unpaired) electrons. The van der Waals surface area contributed by atoms with Crippen molar-refractivity contribution in [1.29, 1.82) is 0 Å². The van der Waals surface area contributed by atoms with Crippen LogP contribution in [-0.2, 0) is 11.3 Å². The van der Waals surface area contributed by atoms with Gasteiger partial charge in [0.2, 0.25) is 5.91 Å². The number of likely N-dealkylation sites (tertiary alicyclic amines) is 1. The first kappa shape index (κ1) is 24.2. The molecule has 5 rings (SSSR count). The summed E-state index contributed by atoms with van der Waals surface area (Å²) in [5, 5.41) is 3.29. The van der Waals surface area contributed by atoms with Crippen molar-refractivity contribution in [2.24, 2.45) is 11.8 Å². The smallest absolute Gasteiger partial charge is 0.271 e. The number of nitrogens with zero attached hydrogens (tertiary/aromatic N) is 3. The highest BCUT2D eigenvalue weighted by Gasteiger charge is 2.48. The van der Waals surface area contributed by atoms with Crippen molar-refractivity contribution < 1.29 is 14.0 Å². The second kappa shape index (κ2) is 9.84. The van der Waals surface area contributed by atoms with Crippen LogP contribution in [0.3, 0.4) is 0 Å². The summed E-state index contributed by atoms with van der Waals surface area (Å²) >= 11 is 0. The number of carbonyl (C=O) groups excluding carboxylic acids is 2. The van der Waals surface area contributed by atoms with Crippen molar-refractivity contribution in [2.45, 2.75) is 77.4 Å². The topological polar surface area (TPSA) is 70.7 Å². The van der Waals surface area contributed by atoms with Crippen LogP contribution in [0.1, 0.15) is 69.8 Å². The fourth-order valence-electron chi connectivity index (χ4n) is 6.60. The van der Waals surface area contributed by atoms with Crippen molar-refractivity contribution >= 4 is 11.8 Å². The average Bonchev–Trinajstić information content (AvgIpc) is 3.57. The number of piperidine rings is 1. The van der Waals surface area contributed by atoms with Gasteiger partial charge in [-0.2, -0.15) is 0 Å². The zero-order valence-electron chi connectivity index (χ0n) is 21.5. The van der Waals surface area contributed by atoms with Gasteiger partial charge in [-0.05, 0) is 75.3 Å². The first-order valence-electron chi connectivity index (χ1n) is 13.4. The summed E-state index contributed by atoms with van der Waals surface area (Å²) < 4.78 is 7.61. The van der Waals surface area contributed by atoms with Crippen LogP contribution in [0.2, 0.25) is 0 Å². The molecule has 2 fully saturated rings. The third-order valence-electron chi connectivity index (χ3n) is 8.26. The van der Waals surface area contributed by atoms with E-state index >= 15 is 0 Å². The van der Waals surface area contributed by atoms with Gasteiger partial charge in [-0.25, -0.2) is 0 Å². The lowest BCUT2D eigenvalue weighted by Crippen LogP contribution is -2.65. The first-order chi connectivity index (χ1) is 16.8. The van der Waals surface area contributed by atoms with Crippen molar-refractivity contribution in [3.63, 3.8) is 0 Å². The number of furan rings is 1. The maximum absolute atomic E-state index is 13.8. The third-order valence-corrected chi connectivity index (χ3v) is 8.26. The van der Waals surface area contributed by atoms with E-state index in [-0.39, 0.29) is 17.9 Å². The van der Waals surface area contributed by atoms with Crippen molar-refractivity contribution in [3.8, 4) is 11.5 Å². The molecule has 190 valence electrons. The van der Waals surface area contributed by atoms with E-state index in [0.717, 1.165) is 57.4 Å². The summed E-state index contributed by atoms with van der Waals surface area (Å²) in [6.07, 6.45) is 8.14. The van der Waals surface area contributed by atoms with E-state index in [1.54, 1.807) is 6.26 Å². The van der Waals surface area contributed by atoms with E-state index in [2.05, 4.69) is 24.1 Å². The molecule has 0 unspecified atom stereocenters. The number of nitrogens with one attached hydrogen (secondary N) is 1. The molecule has 3 atom stereocenters. The number of hydrogen-bond donors (Lipinski definition) is 1. The molecule has 4 heterocycles. The molecule has 3 aliphatic rings. The Bertz CT molecular complexity index is 1030. The highest BCUT2D eigenvalue weighted by molar-refractivity contribution is 6.00. The normalized spacial score (nSPS) is 27.9. The molecule has 1 aliphatic carbocycles. The molecule has 2 aromatic rings. The Hall–Kier alpha value is -2.54. The van der Waals surface area contributed by atoms with Crippen molar-refractivity contribution in [1.82, 2.24) is 19.7 Å². The standard InChI is InChI=1S/C28H40N4O3/c1-20-16-21(2)18-30(17-20)13-7-14-32-26(33)24-12-11-23(25-10-6-15-35-25)31(24)19-28(32,3)27(34)29-22-8-4-5-9-22/h6,10-12,15,20-22H,4-5,7-9,13-14,16-19H2,1-3H3,(H,29,34)/t20-,21+,28-/m0/s1. The average molecular weight is 481 g/mol. The quantitative estimate of drug-likeness (QED) is 0.638. The second-order valence-corrected chi connectivity index (χ2v) is 11.4. The second-order valence-electron chi connectivity index (χ2n) is 11.4. The summed E-state index contributed by atoms with van der Waals surface area (Å²) in [6.45, 7) is 10.8. The summed E-state index contributed by atoms with van der Waals surface area (Å²) in [7, 11) is 0. The van der Waals surface area contributed by atoms with Gasteiger partial charge >= 0.3 is 0 Å². The monoisotopic (exact) mass is 480 g/mol. The molecule has 2 aliphatic heterocycles. The van der Waals surface area contributed by atoms with Gasteiger partial charge in [-0.1, -0.05) is 26.7 Å². The Morgan fingerprint density at radius 1 is 1.09 bits per heavy atom. The number of aromatic nitrogens is 1. The minimum atomic E-state index is -0.949. The van der Waals surface area contributed by atoms with Crippen LogP contribution >= 0.6 is 0 Å². The zero-order valence-corrected chi connectivity index (χ0v) is 21.5. The lowest BCUT2D eigenvalue weighted by Gasteiger charge is -2.45. The Balaban J connectivity index is 1.38. The van der Waals surface area contributed by atoms with Gasteiger partial charge in [0.25, 0.3) is 5.91 Å². The van der Waals surface area contributed by atoms with E-state index in [9.17, 15) is 9.59 Å². The van der Waals surface area contributed by atoms with Gasteiger partial charge in [0, 0.05) is 25.7 Å². The number of amides is 2. The lowest BCUT2D eigenvalue weighted by atomic mass is 9.91. The highest BCUT2D eigenvalue weighted by atomic mass is 16.3. The molecule has 35 heavy (non-hydrogen) atoms. The van der Waals surface area contributed by atoms with Crippen LogP contribution < -0.4 is 5.32 Å². The van der Waals surface area contributed by atoms with Crippen LogP contribution in [0.25, 0.3) is 11.5 Å². The molecule has 0 bridgehead atoms. The van der Waals surface area contributed by atoms with E-state index in [1.165, 1.54) is 6.42 Å². The van der Waals surface area contributed by atoms with E-state index < -0.39 is 5.54 Å². The van der Waals surface area contributed by atoms with E-state index in [0.29, 0.717) is 36.4 Å². The number of carbonyl (C=O) groups is 2. The number of rotatable bonds is 7. The largest absolute Gasteiger partial charge is 0.463 e. The molecule has 1 saturated heterocycles. The van der Waals surface area contributed by atoms with Gasteiger partial charge in [-0.15, -0.1) is 0 Å². The maximum atomic E-state index is 13.8. The SMILES string of the molecule is C[C@@H]1C[C@H](C)CN(CCCN2C(=O)c3ccc(-c4ccco4)n3C[C@@]2(C)C(=O)NC2CCCC2)C1. The predicted molar refractivity (Wildman–Crippen MR) is 136 cm³/mol. The molecular formula is C28H40N4O3. The van der Waals surface area contributed by atoms with Crippen LogP contribution in [-0.4, -0.2) is 63.9 Å². The Kier molecular flexibility index (Phi) is 6.80. The predicted octanol–water partition coefficient (Wildman–Crippen LogP) is 4.39. The summed E-state index contributed by atoms with van der Waals surface area (Å²) in [5.74, 6) is 2.02. The van der Waals surface area contributed by atoms with Gasteiger partial charge in [0.05, 0.1) is 18.5 Å². The minimum Gasteiger partial charge on any atom is -0.463 e. The minimum absolute atomic E-state index is 0.0392. The molecule has 2 amide bonds. The van der Waals surface area contributed by atoms with E-state index in [4.69, 9.17) is 4.42 Å². The Labute approximate surface area is 208 Å². The molecule has 2 aromatic heterocycles. The summed E-state index contributed by atoms with van der Waals surface area (Å²) in [4.78, 5) is 32.0. The highest BCUT2D eigenvalue weighted by Crippen LogP contribution is 2.34. The summed E-state index contributed by atoms with van der Waals surface area (Å²) in [6, 6.07) is 7.76. The van der Waals surface area contributed by atoms with Gasteiger partial charge in [0.15, 0.2) is 0 Å². The first-order valence-corrected chi connectivity index (χ1v) is 13.4. The molecule has 0 spiro atoms. The summed E-state index contributed by atoms with van der Waals surface area (Å²) in [5.41, 5.74) is 0.520. The molecule has 7 heteroatoms. The molecule has 0 aromatic carbocycles. The number of hydrogen-bond acceptors (Lipinski definition) is 4. The van der Waals surface area contributed by atoms with Crippen molar-refractivity contribution in [2.75, 3.05) is 26.2 Å². The molecule has 7 nitrogen and oxygen atoms in total. The van der Waals surface area contributed by atoms with Crippen LogP contribution in [0.5, 0.6) is 0 Å². The van der Waals surface area contributed by atoms with Crippen molar-refractivity contribution in [3.05, 3.63) is 36.2 Å². The van der Waals surface area contributed by atoms with Gasteiger partial charge in [-0.3, -0.25) is 9.59 Å². The van der Waals surface area contributed by atoms with Crippen LogP contribution in [0, 0.1) is 11.8 Å². The van der Waals surface area contributed by atoms with Crippen LogP contribution in [0.15, 0.2) is 34.9 Å². The molecule has 1 N–H and O–H groups in total. The molecule has 1 saturated carbocycles. The number of fused-ring (bicyclic) bond motifs is 1.